The third-order valence-electron chi connectivity index (χ3n) is 3.44. The van der Waals surface area contributed by atoms with E-state index in [0.29, 0.717) is 13.0 Å². The smallest absolute Gasteiger partial charge is 0.226 e. The topological polar surface area (TPSA) is 54.9 Å². The van der Waals surface area contributed by atoms with Crippen molar-refractivity contribution in [2.45, 2.75) is 13.0 Å². The highest BCUT2D eigenvalue weighted by atomic mass is 32.1. The molecular formula is C17H13N3OS3. The second-order valence-corrected chi connectivity index (χ2v) is 7.94. The Morgan fingerprint density at radius 2 is 2.04 bits per heavy atom. The lowest BCUT2D eigenvalue weighted by molar-refractivity contribution is -0.120. The molecule has 0 aliphatic carbocycles. The van der Waals surface area contributed by atoms with Crippen molar-refractivity contribution >= 4 is 50.1 Å². The minimum absolute atomic E-state index is 0.0311. The third kappa shape index (κ3) is 3.38. The van der Waals surface area contributed by atoms with Crippen molar-refractivity contribution < 1.29 is 4.79 Å². The molecule has 1 amide bonds. The number of carbonyl (C=O) groups excluding carboxylic acids is 1. The van der Waals surface area contributed by atoms with E-state index in [1.54, 1.807) is 34.0 Å². The van der Waals surface area contributed by atoms with Crippen LogP contribution in [-0.4, -0.2) is 15.9 Å². The van der Waals surface area contributed by atoms with E-state index < -0.39 is 0 Å². The Kier molecular flexibility index (Phi) is 4.38. The highest BCUT2D eigenvalue weighted by Gasteiger charge is 2.10. The largest absolute Gasteiger partial charge is 0.349 e. The maximum atomic E-state index is 12.1. The molecule has 7 heteroatoms. The van der Waals surface area contributed by atoms with Crippen LogP contribution in [0.3, 0.4) is 0 Å². The maximum Gasteiger partial charge on any atom is 0.226 e. The first-order chi connectivity index (χ1) is 11.8. The predicted molar refractivity (Wildman–Crippen MR) is 101 cm³/mol. The van der Waals surface area contributed by atoms with Gasteiger partial charge in [0.05, 0.1) is 28.9 Å². The number of amides is 1. The average Bonchev–Trinajstić information content (AvgIpc) is 3.32. The Balaban J connectivity index is 1.36. The number of aromatic nitrogens is 2. The molecule has 0 aliphatic heterocycles. The molecule has 0 bridgehead atoms. The van der Waals surface area contributed by atoms with Gasteiger partial charge < -0.3 is 5.32 Å². The second-order valence-electron chi connectivity index (χ2n) is 5.18. The molecule has 3 heterocycles. The molecule has 4 nitrogen and oxygen atoms in total. The molecular weight excluding hydrogens is 358 g/mol. The first kappa shape index (κ1) is 15.4. The zero-order valence-electron chi connectivity index (χ0n) is 12.6. The normalized spacial score (nSPS) is 11.0. The summed E-state index contributed by atoms with van der Waals surface area (Å²) in [6.45, 7) is 0.458. The van der Waals surface area contributed by atoms with Crippen LogP contribution in [-0.2, 0) is 17.8 Å². The summed E-state index contributed by atoms with van der Waals surface area (Å²) in [4.78, 5) is 21.2. The fourth-order valence-corrected chi connectivity index (χ4v) is 4.74. The highest BCUT2D eigenvalue weighted by Crippen LogP contribution is 2.26. The van der Waals surface area contributed by atoms with E-state index >= 15 is 0 Å². The van der Waals surface area contributed by atoms with Gasteiger partial charge in [0, 0.05) is 16.3 Å². The summed E-state index contributed by atoms with van der Waals surface area (Å²) in [5, 5.41) is 10.9. The number of para-hydroxylation sites is 1. The van der Waals surface area contributed by atoms with Crippen molar-refractivity contribution in [1.29, 1.82) is 0 Å². The molecule has 0 atom stereocenters. The summed E-state index contributed by atoms with van der Waals surface area (Å²) < 4.78 is 1.14. The first-order valence-electron chi connectivity index (χ1n) is 7.36. The van der Waals surface area contributed by atoms with Gasteiger partial charge in [-0.05, 0) is 23.6 Å². The monoisotopic (exact) mass is 371 g/mol. The Bertz CT molecular complexity index is 939. The van der Waals surface area contributed by atoms with Crippen molar-refractivity contribution in [1.82, 2.24) is 15.3 Å². The van der Waals surface area contributed by atoms with E-state index in [1.807, 2.05) is 41.1 Å². The van der Waals surface area contributed by atoms with Gasteiger partial charge in [-0.25, -0.2) is 9.97 Å². The standard InChI is InChI=1S/C17H13N3OS3/c21-15(7-12-10-23-17(19-12)11-5-6-22-9-11)18-8-16-20-13-3-1-2-4-14(13)24-16/h1-6,9-10H,7-8H2,(H,18,21). The van der Waals surface area contributed by atoms with Crippen LogP contribution in [0.5, 0.6) is 0 Å². The highest BCUT2D eigenvalue weighted by molar-refractivity contribution is 7.18. The van der Waals surface area contributed by atoms with Gasteiger partial charge in [0.25, 0.3) is 0 Å². The minimum atomic E-state index is -0.0311. The van der Waals surface area contributed by atoms with Crippen LogP contribution >= 0.6 is 34.0 Å². The van der Waals surface area contributed by atoms with Crippen molar-refractivity contribution in [2.24, 2.45) is 0 Å². The zero-order valence-corrected chi connectivity index (χ0v) is 15.0. The SMILES string of the molecule is O=C(Cc1csc(-c2ccsc2)n1)NCc1nc2ccccc2s1. The molecule has 3 aromatic heterocycles. The Labute approximate surface area is 150 Å². The van der Waals surface area contributed by atoms with Crippen molar-refractivity contribution in [2.75, 3.05) is 0 Å². The fourth-order valence-electron chi connectivity index (χ4n) is 2.30. The number of rotatable bonds is 5. The maximum absolute atomic E-state index is 12.1. The first-order valence-corrected chi connectivity index (χ1v) is 10.00. The molecule has 1 aromatic carbocycles. The summed E-state index contributed by atoms with van der Waals surface area (Å²) in [7, 11) is 0. The quantitative estimate of drug-likeness (QED) is 0.568. The number of thiophene rings is 1. The molecule has 0 saturated carbocycles. The fraction of sp³-hybridized carbons (Fsp3) is 0.118. The van der Waals surface area contributed by atoms with Crippen molar-refractivity contribution in [3.8, 4) is 10.6 Å². The molecule has 24 heavy (non-hydrogen) atoms. The van der Waals surface area contributed by atoms with Gasteiger partial charge in [0.2, 0.25) is 5.91 Å². The molecule has 120 valence electrons. The molecule has 0 saturated heterocycles. The van der Waals surface area contributed by atoms with Crippen LogP contribution in [0.4, 0.5) is 0 Å². The molecule has 4 rings (SSSR count). The zero-order chi connectivity index (χ0) is 16.4. The minimum Gasteiger partial charge on any atom is -0.349 e. The van der Waals surface area contributed by atoms with E-state index in [-0.39, 0.29) is 5.91 Å². The third-order valence-corrected chi connectivity index (χ3v) is 6.10. The van der Waals surface area contributed by atoms with Crippen molar-refractivity contribution in [3.05, 3.63) is 57.2 Å². The average molecular weight is 372 g/mol. The Hall–Kier alpha value is -2.09. The van der Waals surface area contributed by atoms with Gasteiger partial charge in [-0.1, -0.05) is 12.1 Å². The van der Waals surface area contributed by atoms with Gasteiger partial charge in [-0.2, -0.15) is 11.3 Å². The summed E-state index contributed by atoms with van der Waals surface area (Å²) in [6.07, 6.45) is 0.297. The summed E-state index contributed by atoms with van der Waals surface area (Å²) in [6, 6.07) is 10.0. The number of nitrogens with one attached hydrogen (secondary N) is 1. The van der Waals surface area contributed by atoms with Crippen LogP contribution in [0.1, 0.15) is 10.7 Å². The number of hydrogen-bond donors (Lipinski definition) is 1. The molecule has 0 spiro atoms. The van der Waals surface area contributed by atoms with Gasteiger partial charge in [-0.15, -0.1) is 22.7 Å². The Morgan fingerprint density at radius 1 is 1.12 bits per heavy atom. The van der Waals surface area contributed by atoms with Gasteiger partial charge >= 0.3 is 0 Å². The number of nitrogens with zero attached hydrogens (tertiary/aromatic N) is 2. The van der Waals surface area contributed by atoms with Gasteiger partial charge in [-0.3, -0.25) is 4.79 Å². The molecule has 0 fully saturated rings. The van der Waals surface area contributed by atoms with E-state index in [9.17, 15) is 4.79 Å². The van der Waals surface area contributed by atoms with Crippen LogP contribution < -0.4 is 5.32 Å². The lowest BCUT2D eigenvalue weighted by Crippen LogP contribution is -2.24. The van der Waals surface area contributed by atoms with Gasteiger partial charge in [0.15, 0.2) is 0 Å². The molecule has 0 aliphatic rings. The number of carbonyl (C=O) groups is 1. The molecule has 0 unspecified atom stereocenters. The van der Waals surface area contributed by atoms with Gasteiger partial charge in [0.1, 0.15) is 10.0 Å². The predicted octanol–water partition coefficient (Wildman–Crippen LogP) is 4.34. The number of thiazole rings is 2. The number of hydrogen-bond acceptors (Lipinski definition) is 6. The number of benzene rings is 1. The number of fused-ring (bicyclic) bond motifs is 1. The van der Waals surface area contributed by atoms with E-state index in [2.05, 4.69) is 20.7 Å². The van der Waals surface area contributed by atoms with E-state index in [4.69, 9.17) is 0 Å². The lowest BCUT2D eigenvalue weighted by atomic mass is 10.3. The summed E-state index contributed by atoms with van der Waals surface area (Å²) in [5.74, 6) is -0.0311. The van der Waals surface area contributed by atoms with E-state index in [0.717, 1.165) is 31.5 Å². The van der Waals surface area contributed by atoms with Crippen LogP contribution in [0, 0.1) is 0 Å². The Morgan fingerprint density at radius 3 is 2.88 bits per heavy atom. The van der Waals surface area contributed by atoms with Crippen LogP contribution in [0.15, 0.2) is 46.5 Å². The van der Waals surface area contributed by atoms with E-state index in [1.165, 1.54) is 0 Å². The van der Waals surface area contributed by atoms with Crippen LogP contribution in [0.25, 0.3) is 20.8 Å². The second kappa shape index (κ2) is 6.80. The van der Waals surface area contributed by atoms with Crippen molar-refractivity contribution in [3.63, 3.8) is 0 Å². The molecule has 0 radical (unpaired) electrons. The lowest BCUT2D eigenvalue weighted by Gasteiger charge is -2.00. The summed E-state index contributed by atoms with van der Waals surface area (Å²) >= 11 is 4.83. The van der Waals surface area contributed by atoms with Crippen LogP contribution in [0.2, 0.25) is 0 Å². The molecule has 1 N–H and O–H groups in total. The summed E-state index contributed by atoms with van der Waals surface area (Å²) in [5.41, 5.74) is 2.90. The molecule has 4 aromatic rings.